The van der Waals surface area contributed by atoms with Crippen molar-refractivity contribution < 1.29 is 35.2 Å². The molecule has 0 aromatic heterocycles. The number of hydrogen-bond donors (Lipinski definition) is 0. The van der Waals surface area contributed by atoms with Crippen LogP contribution < -0.4 is 0 Å². The zero-order chi connectivity index (χ0) is 14.1. The summed E-state index contributed by atoms with van der Waals surface area (Å²) in [4.78, 5) is 0. The van der Waals surface area contributed by atoms with Crippen LogP contribution in [-0.2, 0) is 23.8 Å². The van der Waals surface area contributed by atoms with Gasteiger partial charge in [0, 0.05) is 13.5 Å². The standard InChI is InChI=1S/C8H12ClF3O5S/c1-4-7(5(9)3-6(15-2)16-4)17-18(13,14)8(10,11)12/h4-7H,3H2,1-2H3/t4-,5-,6-,7-/m0/s1. The van der Waals surface area contributed by atoms with E-state index < -0.39 is 39.5 Å². The van der Waals surface area contributed by atoms with E-state index in [1.165, 1.54) is 14.0 Å². The summed E-state index contributed by atoms with van der Waals surface area (Å²) in [6.45, 7) is 1.36. The van der Waals surface area contributed by atoms with E-state index in [4.69, 9.17) is 21.1 Å². The van der Waals surface area contributed by atoms with Gasteiger partial charge < -0.3 is 9.47 Å². The molecule has 4 atom stereocenters. The minimum Gasteiger partial charge on any atom is -0.356 e. The van der Waals surface area contributed by atoms with Crippen LogP contribution in [0.15, 0.2) is 0 Å². The first-order valence-corrected chi connectivity index (χ1v) is 6.75. The minimum absolute atomic E-state index is 0.0282. The van der Waals surface area contributed by atoms with Gasteiger partial charge >= 0.3 is 15.6 Å². The van der Waals surface area contributed by atoms with Crippen LogP contribution in [0.2, 0.25) is 0 Å². The summed E-state index contributed by atoms with van der Waals surface area (Å²) in [6.07, 6.45) is -3.02. The fourth-order valence-electron chi connectivity index (χ4n) is 1.48. The van der Waals surface area contributed by atoms with Gasteiger partial charge in [-0.15, -0.1) is 11.6 Å². The molecule has 5 nitrogen and oxygen atoms in total. The van der Waals surface area contributed by atoms with Gasteiger partial charge in [0.15, 0.2) is 6.29 Å². The predicted molar refractivity (Wildman–Crippen MR) is 55.4 cm³/mol. The van der Waals surface area contributed by atoms with Crippen molar-refractivity contribution >= 4 is 21.7 Å². The van der Waals surface area contributed by atoms with Gasteiger partial charge in [-0.3, -0.25) is 4.18 Å². The van der Waals surface area contributed by atoms with E-state index in [1.807, 2.05) is 0 Å². The van der Waals surface area contributed by atoms with Crippen molar-refractivity contribution in [3.05, 3.63) is 0 Å². The molecule has 1 heterocycles. The zero-order valence-corrected chi connectivity index (χ0v) is 11.1. The molecule has 1 fully saturated rings. The van der Waals surface area contributed by atoms with Gasteiger partial charge in [-0.25, -0.2) is 0 Å². The van der Waals surface area contributed by atoms with Crippen molar-refractivity contribution in [1.29, 1.82) is 0 Å². The molecule has 0 N–H and O–H groups in total. The molecule has 0 radical (unpaired) electrons. The first-order valence-electron chi connectivity index (χ1n) is 4.90. The number of alkyl halides is 4. The van der Waals surface area contributed by atoms with Gasteiger partial charge in [0.1, 0.15) is 6.10 Å². The van der Waals surface area contributed by atoms with Crippen LogP contribution in [0.5, 0.6) is 0 Å². The molecular formula is C8H12ClF3O5S. The Labute approximate surface area is 107 Å². The Balaban J connectivity index is 2.79. The molecule has 0 aliphatic carbocycles. The number of hydrogen-bond acceptors (Lipinski definition) is 5. The molecule has 1 aliphatic heterocycles. The Kier molecular flexibility index (Phi) is 4.87. The molecule has 0 bridgehead atoms. The summed E-state index contributed by atoms with van der Waals surface area (Å²) in [7, 11) is -4.35. The van der Waals surface area contributed by atoms with E-state index in [2.05, 4.69) is 4.18 Å². The smallest absolute Gasteiger partial charge is 0.356 e. The molecule has 1 rings (SSSR count). The lowest BCUT2D eigenvalue weighted by Crippen LogP contribution is -2.48. The summed E-state index contributed by atoms with van der Waals surface area (Å²) in [5, 5.41) is -0.962. The van der Waals surface area contributed by atoms with Gasteiger partial charge in [0.05, 0.1) is 11.5 Å². The summed E-state index contributed by atoms with van der Waals surface area (Å²) < 4.78 is 72.3. The molecule has 1 saturated heterocycles. The maximum Gasteiger partial charge on any atom is 0.523 e. The Morgan fingerprint density at radius 2 is 1.94 bits per heavy atom. The Morgan fingerprint density at radius 3 is 2.33 bits per heavy atom. The Bertz CT molecular complexity index is 373. The van der Waals surface area contributed by atoms with Gasteiger partial charge in [-0.2, -0.15) is 21.6 Å². The molecular weight excluding hydrogens is 301 g/mol. The highest BCUT2D eigenvalue weighted by atomic mass is 35.5. The van der Waals surface area contributed by atoms with Crippen molar-refractivity contribution in [3.63, 3.8) is 0 Å². The quantitative estimate of drug-likeness (QED) is 0.450. The third-order valence-electron chi connectivity index (χ3n) is 2.39. The van der Waals surface area contributed by atoms with Crippen LogP contribution in [0, 0.1) is 0 Å². The van der Waals surface area contributed by atoms with Crippen LogP contribution in [0.3, 0.4) is 0 Å². The van der Waals surface area contributed by atoms with Crippen LogP contribution >= 0.6 is 11.6 Å². The van der Waals surface area contributed by atoms with Crippen LogP contribution in [0.25, 0.3) is 0 Å². The number of ether oxygens (including phenoxy) is 2. The first-order chi connectivity index (χ1) is 8.08. The van der Waals surface area contributed by atoms with E-state index in [9.17, 15) is 21.6 Å². The molecule has 0 amide bonds. The van der Waals surface area contributed by atoms with Gasteiger partial charge in [-0.05, 0) is 6.92 Å². The molecule has 1 aliphatic rings. The first kappa shape index (κ1) is 16.0. The second-order valence-electron chi connectivity index (χ2n) is 3.72. The van der Waals surface area contributed by atoms with Crippen LogP contribution in [-0.4, -0.2) is 44.9 Å². The summed E-state index contributed by atoms with van der Waals surface area (Å²) in [6, 6.07) is 0. The molecule has 10 heteroatoms. The fraction of sp³-hybridized carbons (Fsp3) is 1.00. The van der Waals surface area contributed by atoms with Crippen molar-refractivity contribution in [1.82, 2.24) is 0 Å². The molecule has 0 aromatic carbocycles. The average molecular weight is 313 g/mol. The second kappa shape index (κ2) is 5.49. The maximum atomic E-state index is 12.2. The second-order valence-corrected chi connectivity index (χ2v) is 5.84. The lowest BCUT2D eigenvalue weighted by molar-refractivity contribution is -0.200. The van der Waals surface area contributed by atoms with Crippen molar-refractivity contribution in [2.24, 2.45) is 0 Å². The van der Waals surface area contributed by atoms with E-state index >= 15 is 0 Å². The van der Waals surface area contributed by atoms with Crippen LogP contribution in [0.1, 0.15) is 13.3 Å². The van der Waals surface area contributed by atoms with Gasteiger partial charge in [-0.1, -0.05) is 0 Å². The summed E-state index contributed by atoms with van der Waals surface area (Å²) >= 11 is 5.79. The fourth-order valence-corrected chi connectivity index (χ4v) is 2.63. The molecule has 0 unspecified atom stereocenters. The van der Waals surface area contributed by atoms with Gasteiger partial charge in [0.25, 0.3) is 0 Å². The molecule has 108 valence electrons. The summed E-state index contributed by atoms with van der Waals surface area (Å²) in [5.74, 6) is 0. The molecule has 18 heavy (non-hydrogen) atoms. The van der Waals surface area contributed by atoms with E-state index in [0.717, 1.165) is 0 Å². The topological polar surface area (TPSA) is 61.8 Å². The Morgan fingerprint density at radius 1 is 1.39 bits per heavy atom. The zero-order valence-electron chi connectivity index (χ0n) is 9.48. The highest BCUT2D eigenvalue weighted by Gasteiger charge is 2.51. The van der Waals surface area contributed by atoms with Crippen LogP contribution in [0.4, 0.5) is 13.2 Å². The predicted octanol–water partition coefficient (Wildman–Crippen LogP) is 1.61. The summed E-state index contributed by atoms with van der Waals surface area (Å²) in [5.41, 5.74) is -5.48. The van der Waals surface area contributed by atoms with Crippen molar-refractivity contribution in [2.45, 2.75) is 42.7 Å². The van der Waals surface area contributed by atoms with E-state index in [1.54, 1.807) is 0 Å². The van der Waals surface area contributed by atoms with Gasteiger partial charge in [0.2, 0.25) is 0 Å². The van der Waals surface area contributed by atoms with Crippen molar-refractivity contribution in [3.8, 4) is 0 Å². The SMILES string of the molecule is CO[C@@H]1C[C@H](Cl)[C@@H](OS(=O)(=O)C(F)(F)F)[C@H](C)O1. The number of methoxy groups -OCH3 is 1. The molecule has 0 spiro atoms. The average Bonchev–Trinajstić information content (AvgIpc) is 2.21. The number of halogens is 4. The minimum atomic E-state index is -5.69. The highest BCUT2D eigenvalue weighted by Crippen LogP contribution is 2.32. The third kappa shape index (κ3) is 3.47. The molecule has 0 saturated carbocycles. The lowest BCUT2D eigenvalue weighted by atomic mass is 10.1. The van der Waals surface area contributed by atoms with E-state index in [0.29, 0.717) is 0 Å². The van der Waals surface area contributed by atoms with E-state index in [-0.39, 0.29) is 6.42 Å². The Hall–Kier alpha value is -0.0900. The number of rotatable bonds is 3. The lowest BCUT2D eigenvalue weighted by Gasteiger charge is -2.36. The maximum absolute atomic E-state index is 12.2. The third-order valence-corrected chi connectivity index (χ3v) is 3.86. The monoisotopic (exact) mass is 312 g/mol. The largest absolute Gasteiger partial charge is 0.523 e. The normalized spacial score (nSPS) is 34.6. The van der Waals surface area contributed by atoms with Crippen molar-refractivity contribution in [2.75, 3.05) is 7.11 Å². The highest BCUT2D eigenvalue weighted by molar-refractivity contribution is 7.87. The molecule has 0 aromatic rings.